The minimum atomic E-state index is -0.399. The number of hydrogen-bond acceptors (Lipinski definition) is 6. The third kappa shape index (κ3) is 5.43. The summed E-state index contributed by atoms with van der Waals surface area (Å²) in [7, 11) is 1.64. The largest absolute Gasteiger partial charge is 0.383 e. The maximum Gasteiger partial charge on any atom is 0.233 e. The van der Waals surface area contributed by atoms with E-state index in [2.05, 4.69) is 20.5 Å². The summed E-state index contributed by atoms with van der Waals surface area (Å²) in [6.07, 6.45) is 3.40. The molecule has 1 amide bonds. The van der Waals surface area contributed by atoms with Crippen LogP contribution in [0.5, 0.6) is 0 Å². The zero-order valence-corrected chi connectivity index (χ0v) is 17.9. The number of nitrogens with zero attached hydrogens (tertiary/aromatic N) is 4. The van der Waals surface area contributed by atoms with E-state index in [1.807, 2.05) is 30.5 Å². The van der Waals surface area contributed by atoms with Crippen LogP contribution >= 0.6 is 11.8 Å². The van der Waals surface area contributed by atoms with Crippen LogP contribution in [0.2, 0.25) is 0 Å². The van der Waals surface area contributed by atoms with Crippen molar-refractivity contribution in [2.24, 2.45) is 0 Å². The van der Waals surface area contributed by atoms with Gasteiger partial charge in [-0.3, -0.25) is 14.3 Å². The van der Waals surface area contributed by atoms with Gasteiger partial charge in [-0.25, -0.2) is 4.39 Å². The molecule has 2 atom stereocenters. The van der Waals surface area contributed by atoms with Crippen LogP contribution in [-0.2, 0) is 16.1 Å². The van der Waals surface area contributed by atoms with E-state index in [1.54, 1.807) is 31.6 Å². The van der Waals surface area contributed by atoms with Gasteiger partial charge in [0.2, 0.25) is 5.91 Å². The van der Waals surface area contributed by atoms with Crippen LogP contribution < -0.4 is 5.32 Å². The maximum absolute atomic E-state index is 13.1. The Bertz CT molecular complexity index is 965. The van der Waals surface area contributed by atoms with E-state index in [0.29, 0.717) is 24.1 Å². The SMILES string of the molecule is COCCn1c(SC(C)C(=O)NC(C)c2ccc(F)cc2)nnc1-c1ccncc1. The van der Waals surface area contributed by atoms with Gasteiger partial charge in [-0.05, 0) is 43.7 Å². The Morgan fingerprint density at radius 2 is 1.87 bits per heavy atom. The third-order valence-corrected chi connectivity index (χ3v) is 5.64. The smallest absolute Gasteiger partial charge is 0.233 e. The molecule has 2 aromatic heterocycles. The normalized spacial score (nSPS) is 13.1. The number of carbonyl (C=O) groups excluding carboxylic acids is 1. The van der Waals surface area contributed by atoms with Crippen molar-refractivity contribution in [1.29, 1.82) is 0 Å². The van der Waals surface area contributed by atoms with Crippen molar-refractivity contribution in [3.63, 3.8) is 0 Å². The van der Waals surface area contributed by atoms with E-state index in [1.165, 1.54) is 23.9 Å². The molecule has 1 N–H and O–H groups in total. The zero-order valence-electron chi connectivity index (χ0n) is 17.1. The van der Waals surface area contributed by atoms with E-state index in [9.17, 15) is 9.18 Å². The summed E-state index contributed by atoms with van der Waals surface area (Å²) < 4.78 is 20.3. The molecule has 9 heteroatoms. The van der Waals surface area contributed by atoms with Gasteiger partial charge >= 0.3 is 0 Å². The number of ether oxygens (including phenoxy) is 1. The Hall–Kier alpha value is -2.78. The van der Waals surface area contributed by atoms with Crippen molar-refractivity contribution in [3.05, 3.63) is 60.2 Å². The van der Waals surface area contributed by atoms with Gasteiger partial charge in [-0.1, -0.05) is 23.9 Å². The first-order valence-electron chi connectivity index (χ1n) is 9.54. The monoisotopic (exact) mass is 429 g/mol. The number of amides is 1. The Kier molecular flexibility index (Phi) is 7.53. The van der Waals surface area contributed by atoms with Crippen LogP contribution in [0.1, 0.15) is 25.5 Å². The first kappa shape index (κ1) is 21.9. The maximum atomic E-state index is 13.1. The molecule has 0 radical (unpaired) electrons. The topological polar surface area (TPSA) is 81.9 Å². The van der Waals surface area contributed by atoms with Crippen molar-refractivity contribution < 1.29 is 13.9 Å². The molecule has 0 fully saturated rings. The summed E-state index contributed by atoms with van der Waals surface area (Å²) >= 11 is 1.33. The van der Waals surface area contributed by atoms with Gasteiger partial charge in [0.25, 0.3) is 0 Å². The van der Waals surface area contributed by atoms with Gasteiger partial charge in [0.05, 0.1) is 24.4 Å². The number of rotatable bonds is 9. The second kappa shape index (κ2) is 10.3. The molecule has 0 saturated carbocycles. The van der Waals surface area contributed by atoms with Crippen molar-refractivity contribution in [2.45, 2.75) is 36.8 Å². The predicted octanol–water partition coefficient (Wildman–Crippen LogP) is 3.48. The number of methoxy groups -OCH3 is 1. The summed E-state index contributed by atoms with van der Waals surface area (Å²) in [6.45, 7) is 4.74. The lowest BCUT2D eigenvalue weighted by Gasteiger charge is -2.18. The number of benzene rings is 1. The van der Waals surface area contributed by atoms with Gasteiger partial charge in [0.1, 0.15) is 5.82 Å². The number of halogens is 1. The molecule has 0 spiro atoms. The number of carbonyl (C=O) groups is 1. The lowest BCUT2D eigenvalue weighted by atomic mass is 10.1. The van der Waals surface area contributed by atoms with Crippen LogP contribution in [0, 0.1) is 5.82 Å². The van der Waals surface area contributed by atoms with Gasteiger partial charge in [-0.15, -0.1) is 10.2 Å². The standard InChI is InChI=1S/C21H24FN5O2S/c1-14(16-4-6-18(22)7-5-16)24-20(28)15(2)30-21-26-25-19(27(21)12-13-29-3)17-8-10-23-11-9-17/h4-11,14-15H,12-13H2,1-3H3,(H,24,28). The van der Waals surface area contributed by atoms with E-state index < -0.39 is 5.25 Å². The molecule has 2 unspecified atom stereocenters. The average Bonchev–Trinajstić information content (AvgIpc) is 3.15. The number of pyridine rings is 1. The fourth-order valence-corrected chi connectivity index (χ4v) is 3.74. The Morgan fingerprint density at radius 3 is 2.53 bits per heavy atom. The zero-order chi connectivity index (χ0) is 21.5. The Balaban J connectivity index is 1.72. The fraction of sp³-hybridized carbons (Fsp3) is 0.333. The minimum absolute atomic E-state index is 0.136. The fourth-order valence-electron chi connectivity index (χ4n) is 2.85. The quantitative estimate of drug-likeness (QED) is 0.525. The summed E-state index contributed by atoms with van der Waals surface area (Å²) in [4.78, 5) is 16.7. The lowest BCUT2D eigenvalue weighted by molar-refractivity contribution is -0.120. The summed E-state index contributed by atoms with van der Waals surface area (Å²) in [5.41, 5.74) is 1.73. The van der Waals surface area contributed by atoms with Gasteiger partial charge in [0.15, 0.2) is 11.0 Å². The summed E-state index contributed by atoms with van der Waals surface area (Å²) in [5.74, 6) is 0.259. The van der Waals surface area contributed by atoms with Crippen LogP contribution in [0.4, 0.5) is 4.39 Å². The average molecular weight is 430 g/mol. The minimum Gasteiger partial charge on any atom is -0.383 e. The first-order valence-corrected chi connectivity index (χ1v) is 10.4. The molecule has 0 bridgehead atoms. The van der Waals surface area contributed by atoms with Gasteiger partial charge in [-0.2, -0.15) is 0 Å². The second-order valence-corrected chi connectivity index (χ2v) is 8.04. The van der Waals surface area contributed by atoms with Gasteiger partial charge < -0.3 is 10.1 Å². The first-order chi connectivity index (χ1) is 14.5. The molecule has 0 aliphatic heterocycles. The molecule has 3 rings (SSSR count). The number of nitrogens with one attached hydrogen (secondary N) is 1. The number of thioether (sulfide) groups is 1. The van der Waals surface area contributed by atoms with E-state index in [-0.39, 0.29) is 17.8 Å². The van der Waals surface area contributed by atoms with Crippen molar-refractivity contribution >= 4 is 17.7 Å². The molecule has 7 nitrogen and oxygen atoms in total. The number of aromatic nitrogens is 4. The van der Waals surface area contributed by atoms with E-state index in [4.69, 9.17) is 4.74 Å². The van der Waals surface area contributed by atoms with E-state index >= 15 is 0 Å². The molecule has 0 saturated heterocycles. The molecule has 0 aliphatic carbocycles. The molecule has 3 aromatic rings. The highest BCUT2D eigenvalue weighted by molar-refractivity contribution is 8.00. The Labute approximate surface area is 179 Å². The highest BCUT2D eigenvalue weighted by Crippen LogP contribution is 2.27. The number of hydrogen-bond donors (Lipinski definition) is 1. The van der Waals surface area contributed by atoms with Crippen LogP contribution in [0.15, 0.2) is 53.9 Å². The van der Waals surface area contributed by atoms with Gasteiger partial charge in [0, 0.05) is 25.1 Å². The summed E-state index contributed by atoms with van der Waals surface area (Å²) in [5, 5.41) is 11.8. The molecular formula is C21H24FN5O2S. The molecule has 30 heavy (non-hydrogen) atoms. The lowest BCUT2D eigenvalue weighted by Crippen LogP contribution is -2.33. The summed E-state index contributed by atoms with van der Waals surface area (Å²) in [6, 6.07) is 9.59. The van der Waals surface area contributed by atoms with Crippen molar-refractivity contribution in [2.75, 3.05) is 13.7 Å². The molecule has 0 aliphatic rings. The van der Waals surface area contributed by atoms with Crippen LogP contribution in [-0.4, -0.2) is 44.6 Å². The van der Waals surface area contributed by atoms with Crippen LogP contribution in [0.3, 0.4) is 0 Å². The van der Waals surface area contributed by atoms with Crippen molar-refractivity contribution in [3.8, 4) is 11.4 Å². The Morgan fingerprint density at radius 1 is 1.17 bits per heavy atom. The molecule has 2 heterocycles. The molecular weight excluding hydrogens is 405 g/mol. The predicted molar refractivity (Wildman–Crippen MR) is 113 cm³/mol. The second-order valence-electron chi connectivity index (χ2n) is 6.73. The highest BCUT2D eigenvalue weighted by Gasteiger charge is 2.22. The van der Waals surface area contributed by atoms with Crippen molar-refractivity contribution in [1.82, 2.24) is 25.1 Å². The van der Waals surface area contributed by atoms with Crippen LogP contribution in [0.25, 0.3) is 11.4 Å². The molecule has 158 valence electrons. The molecule has 1 aromatic carbocycles. The van der Waals surface area contributed by atoms with E-state index in [0.717, 1.165) is 11.1 Å². The highest BCUT2D eigenvalue weighted by atomic mass is 32.2. The third-order valence-electron chi connectivity index (χ3n) is 4.55.